The largest absolute Gasteiger partial charge is 0.497 e. The molecule has 0 unspecified atom stereocenters. The van der Waals surface area contributed by atoms with Crippen molar-refractivity contribution < 1.29 is 4.74 Å². The van der Waals surface area contributed by atoms with Crippen LogP contribution < -0.4 is 4.74 Å². The van der Waals surface area contributed by atoms with Crippen LogP contribution in [0.5, 0.6) is 5.75 Å². The van der Waals surface area contributed by atoms with Gasteiger partial charge in [-0.05, 0) is 25.0 Å². The van der Waals surface area contributed by atoms with Crippen LogP contribution in [0.4, 0.5) is 0 Å². The first kappa shape index (κ1) is 14.5. The zero-order valence-corrected chi connectivity index (χ0v) is 13.0. The number of hydrogen-bond acceptors (Lipinski definition) is 3. The maximum absolute atomic E-state index is 5.30. The Morgan fingerprint density at radius 3 is 2.50 bits per heavy atom. The average molecular weight is 292 g/mol. The van der Waals surface area contributed by atoms with Crippen LogP contribution in [0, 0.1) is 0 Å². The molecule has 0 N–H and O–H groups in total. The predicted octanol–water partition coefficient (Wildman–Crippen LogP) is 4.65. The van der Waals surface area contributed by atoms with Crippen LogP contribution in [-0.4, -0.2) is 17.1 Å². The number of fused-ring (bicyclic) bond motifs is 1. The minimum absolute atomic E-state index is 0.808. The molecular formula is C19H20N2O. The number of nitrogens with zero attached hydrogens (tertiary/aromatic N) is 2. The van der Waals surface area contributed by atoms with Gasteiger partial charge in [0, 0.05) is 11.6 Å². The first-order chi connectivity index (χ1) is 10.8. The van der Waals surface area contributed by atoms with Crippen molar-refractivity contribution in [1.82, 2.24) is 9.97 Å². The van der Waals surface area contributed by atoms with Crippen molar-refractivity contribution in [3.63, 3.8) is 0 Å². The van der Waals surface area contributed by atoms with E-state index in [0.717, 1.165) is 53.0 Å². The monoisotopic (exact) mass is 292 g/mol. The number of aryl methyl sites for hydroxylation is 1. The smallest absolute Gasteiger partial charge is 0.121 e. The highest BCUT2D eigenvalue weighted by molar-refractivity contribution is 5.79. The molecule has 3 rings (SSSR count). The quantitative estimate of drug-likeness (QED) is 0.686. The Morgan fingerprint density at radius 1 is 0.955 bits per heavy atom. The summed E-state index contributed by atoms with van der Waals surface area (Å²) < 4.78 is 5.30. The molecule has 0 bridgehead atoms. The van der Waals surface area contributed by atoms with Crippen molar-refractivity contribution >= 4 is 11.0 Å². The van der Waals surface area contributed by atoms with Gasteiger partial charge in [0.1, 0.15) is 5.75 Å². The van der Waals surface area contributed by atoms with Gasteiger partial charge in [-0.25, -0.2) is 9.97 Å². The van der Waals surface area contributed by atoms with E-state index in [1.165, 1.54) is 0 Å². The Morgan fingerprint density at radius 2 is 1.77 bits per heavy atom. The average Bonchev–Trinajstić information content (AvgIpc) is 2.59. The van der Waals surface area contributed by atoms with E-state index in [2.05, 4.69) is 19.1 Å². The van der Waals surface area contributed by atoms with Crippen molar-refractivity contribution in [3.05, 3.63) is 54.2 Å². The number of unbranched alkanes of at least 4 members (excludes halogenated alkanes) is 1. The Hall–Kier alpha value is -2.42. The van der Waals surface area contributed by atoms with Gasteiger partial charge in [0.25, 0.3) is 0 Å². The number of benzene rings is 2. The van der Waals surface area contributed by atoms with Gasteiger partial charge in [0.2, 0.25) is 0 Å². The fourth-order valence-electron chi connectivity index (χ4n) is 2.54. The van der Waals surface area contributed by atoms with E-state index in [-0.39, 0.29) is 0 Å². The molecule has 0 spiro atoms. The van der Waals surface area contributed by atoms with Crippen LogP contribution in [0.25, 0.3) is 22.3 Å². The molecule has 0 aliphatic rings. The Labute approximate surface area is 131 Å². The van der Waals surface area contributed by atoms with E-state index in [4.69, 9.17) is 14.7 Å². The van der Waals surface area contributed by atoms with E-state index in [9.17, 15) is 0 Å². The van der Waals surface area contributed by atoms with Gasteiger partial charge in [-0.1, -0.05) is 43.7 Å². The second-order valence-corrected chi connectivity index (χ2v) is 5.34. The molecule has 112 valence electrons. The number of aromatic nitrogens is 2. The molecule has 0 saturated carbocycles. The first-order valence-electron chi connectivity index (χ1n) is 7.72. The SMILES string of the molecule is CCCCc1nc2ccc(OC)cc2nc1-c1ccccc1. The van der Waals surface area contributed by atoms with Gasteiger partial charge in [-0.3, -0.25) is 0 Å². The van der Waals surface area contributed by atoms with E-state index >= 15 is 0 Å². The van der Waals surface area contributed by atoms with Gasteiger partial charge in [0.15, 0.2) is 0 Å². The zero-order valence-electron chi connectivity index (χ0n) is 13.0. The van der Waals surface area contributed by atoms with Gasteiger partial charge in [-0.15, -0.1) is 0 Å². The van der Waals surface area contributed by atoms with Crippen LogP contribution in [0.1, 0.15) is 25.5 Å². The van der Waals surface area contributed by atoms with Crippen molar-refractivity contribution in [3.8, 4) is 17.0 Å². The zero-order chi connectivity index (χ0) is 15.4. The molecule has 0 fully saturated rings. The molecule has 3 nitrogen and oxygen atoms in total. The summed E-state index contributed by atoms with van der Waals surface area (Å²) in [6, 6.07) is 16.1. The molecule has 0 aliphatic heterocycles. The summed E-state index contributed by atoms with van der Waals surface area (Å²) >= 11 is 0. The van der Waals surface area contributed by atoms with Crippen molar-refractivity contribution in [2.45, 2.75) is 26.2 Å². The summed E-state index contributed by atoms with van der Waals surface area (Å²) in [4.78, 5) is 9.71. The molecule has 0 radical (unpaired) electrons. The van der Waals surface area contributed by atoms with Gasteiger partial charge < -0.3 is 4.74 Å². The number of methoxy groups -OCH3 is 1. The van der Waals surface area contributed by atoms with Gasteiger partial charge >= 0.3 is 0 Å². The Balaban J connectivity index is 2.16. The normalized spacial score (nSPS) is 10.8. The van der Waals surface area contributed by atoms with Crippen LogP contribution in [0.15, 0.2) is 48.5 Å². The Kier molecular flexibility index (Phi) is 4.33. The molecule has 2 aromatic carbocycles. The lowest BCUT2D eigenvalue weighted by atomic mass is 10.1. The lowest BCUT2D eigenvalue weighted by Gasteiger charge is -2.10. The summed E-state index contributed by atoms with van der Waals surface area (Å²) in [6.45, 7) is 2.20. The van der Waals surface area contributed by atoms with E-state index in [1.54, 1.807) is 7.11 Å². The van der Waals surface area contributed by atoms with E-state index in [0.29, 0.717) is 0 Å². The molecular weight excluding hydrogens is 272 g/mol. The lowest BCUT2D eigenvalue weighted by molar-refractivity contribution is 0.415. The summed E-state index contributed by atoms with van der Waals surface area (Å²) in [7, 11) is 1.67. The Bertz CT molecular complexity index is 769. The second kappa shape index (κ2) is 6.56. The summed E-state index contributed by atoms with van der Waals surface area (Å²) in [6.07, 6.45) is 3.22. The fourth-order valence-corrected chi connectivity index (χ4v) is 2.54. The minimum Gasteiger partial charge on any atom is -0.497 e. The van der Waals surface area contributed by atoms with Crippen molar-refractivity contribution in [1.29, 1.82) is 0 Å². The van der Waals surface area contributed by atoms with Gasteiger partial charge in [0.05, 0.1) is 29.5 Å². The second-order valence-electron chi connectivity index (χ2n) is 5.34. The third kappa shape index (κ3) is 2.93. The van der Waals surface area contributed by atoms with E-state index < -0.39 is 0 Å². The minimum atomic E-state index is 0.808. The molecule has 0 saturated heterocycles. The van der Waals surface area contributed by atoms with E-state index in [1.807, 2.05) is 36.4 Å². The number of rotatable bonds is 5. The molecule has 1 aromatic heterocycles. The third-order valence-electron chi connectivity index (χ3n) is 3.76. The highest BCUT2D eigenvalue weighted by Crippen LogP contribution is 2.26. The number of ether oxygens (including phenoxy) is 1. The third-order valence-corrected chi connectivity index (χ3v) is 3.76. The molecule has 3 heteroatoms. The molecule has 3 aromatic rings. The number of hydrogen-bond donors (Lipinski definition) is 0. The predicted molar refractivity (Wildman–Crippen MR) is 90.1 cm³/mol. The summed E-state index contributed by atoms with van der Waals surface area (Å²) in [5.41, 5.74) is 4.97. The maximum atomic E-state index is 5.30. The highest BCUT2D eigenvalue weighted by Gasteiger charge is 2.11. The van der Waals surface area contributed by atoms with Crippen molar-refractivity contribution in [2.75, 3.05) is 7.11 Å². The molecule has 0 amide bonds. The van der Waals surface area contributed by atoms with Gasteiger partial charge in [-0.2, -0.15) is 0 Å². The van der Waals surface area contributed by atoms with Crippen molar-refractivity contribution in [2.24, 2.45) is 0 Å². The van der Waals surface area contributed by atoms with Crippen LogP contribution in [0.3, 0.4) is 0 Å². The lowest BCUT2D eigenvalue weighted by Crippen LogP contribution is -1.99. The van der Waals surface area contributed by atoms with Crippen LogP contribution in [0.2, 0.25) is 0 Å². The molecule has 0 aliphatic carbocycles. The fraction of sp³-hybridized carbons (Fsp3) is 0.263. The highest BCUT2D eigenvalue weighted by atomic mass is 16.5. The molecule has 0 atom stereocenters. The maximum Gasteiger partial charge on any atom is 0.121 e. The topological polar surface area (TPSA) is 35.0 Å². The van der Waals surface area contributed by atoms with Crippen LogP contribution in [-0.2, 0) is 6.42 Å². The summed E-state index contributed by atoms with van der Waals surface area (Å²) in [5, 5.41) is 0. The summed E-state index contributed by atoms with van der Waals surface area (Å²) in [5.74, 6) is 0.808. The first-order valence-corrected chi connectivity index (χ1v) is 7.72. The molecule has 22 heavy (non-hydrogen) atoms. The molecule has 1 heterocycles. The standard InChI is InChI=1S/C19H20N2O/c1-3-4-10-17-19(14-8-6-5-7-9-14)21-18-13-15(22-2)11-12-16(18)20-17/h5-9,11-13H,3-4,10H2,1-2H3. The van der Waals surface area contributed by atoms with Crippen LogP contribution >= 0.6 is 0 Å².